The summed E-state index contributed by atoms with van der Waals surface area (Å²) in [7, 11) is -3.08. The highest BCUT2D eigenvalue weighted by Crippen LogP contribution is 2.20. The van der Waals surface area contributed by atoms with Crippen molar-refractivity contribution in [1.29, 1.82) is 0 Å². The number of amides is 1. The average molecular weight is 360 g/mol. The van der Waals surface area contributed by atoms with Gasteiger partial charge in [0.2, 0.25) is 5.88 Å². The van der Waals surface area contributed by atoms with Crippen molar-refractivity contribution in [2.24, 2.45) is 0 Å². The van der Waals surface area contributed by atoms with Crippen LogP contribution >= 0.6 is 0 Å². The maximum Gasteiger partial charge on any atom is 0.261 e. The Hall–Kier alpha value is -2.41. The van der Waals surface area contributed by atoms with Crippen LogP contribution in [0.4, 0.5) is 0 Å². The number of ether oxygens (including phenoxy) is 1. The lowest BCUT2D eigenvalue weighted by Crippen LogP contribution is -2.43. The van der Waals surface area contributed by atoms with Crippen LogP contribution in [0.2, 0.25) is 0 Å². The summed E-state index contributed by atoms with van der Waals surface area (Å²) in [5.41, 5.74) is 0.956. The number of rotatable bonds is 6. The molecule has 0 radical (unpaired) electrons. The summed E-state index contributed by atoms with van der Waals surface area (Å²) in [6.45, 7) is 0.200. The third kappa shape index (κ3) is 4.79. The summed E-state index contributed by atoms with van der Waals surface area (Å²) in [5, 5.41) is 0. The van der Waals surface area contributed by atoms with E-state index in [9.17, 15) is 13.2 Å². The van der Waals surface area contributed by atoms with Crippen LogP contribution in [0, 0.1) is 0 Å². The Balaban J connectivity index is 1.72. The fraction of sp³-hybridized carbons (Fsp3) is 0.333. The highest BCUT2D eigenvalue weighted by atomic mass is 32.2. The summed E-state index contributed by atoms with van der Waals surface area (Å²) in [6.07, 6.45) is 2.05. The zero-order chi connectivity index (χ0) is 17.7. The molecule has 1 fully saturated rings. The van der Waals surface area contributed by atoms with Crippen molar-refractivity contribution < 1.29 is 17.9 Å². The zero-order valence-electron chi connectivity index (χ0n) is 13.7. The van der Waals surface area contributed by atoms with Gasteiger partial charge in [0.15, 0.2) is 16.4 Å². The van der Waals surface area contributed by atoms with E-state index in [1.807, 2.05) is 30.3 Å². The molecule has 3 rings (SSSR count). The molecule has 2 aromatic rings. The summed E-state index contributed by atoms with van der Waals surface area (Å²) >= 11 is 0. The van der Waals surface area contributed by atoms with E-state index in [0.717, 1.165) is 5.56 Å². The van der Waals surface area contributed by atoms with Crippen molar-refractivity contribution in [3.63, 3.8) is 0 Å². The van der Waals surface area contributed by atoms with Crippen LogP contribution < -0.4 is 4.74 Å². The largest absolute Gasteiger partial charge is 0.468 e. The molecule has 1 aliphatic heterocycles. The van der Waals surface area contributed by atoms with E-state index in [4.69, 9.17) is 4.74 Å². The second-order valence-corrected chi connectivity index (χ2v) is 8.25. The average Bonchev–Trinajstić information content (AvgIpc) is 2.99. The predicted molar refractivity (Wildman–Crippen MR) is 93.8 cm³/mol. The second-order valence-electron chi connectivity index (χ2n) is 6.02. The topological polar surface area (TPSA) is 76.6 Å². The minimum atomic E-state index is -3.08. The Morgan fingerprint density at radius 3 is 2.56 bits per heavy atom. The number of benzene rings is 1. The van der Waals surface area contributed by atoms with E-state index in [1.54, 1.807) is 29.3 Å². The molecular formula is C18H20N2O4S. The van der Waals surface area contributed by atoms with Crippen LogP contribution in [-0.2, 0) is 21.2 Å². The highest BCUT2D eigenvalue weighted by Gasteiger charge is 2.34. The first-order chi connectivity index (χ1) is 12.0. The van der Waals surface area contributed by atoms with Crippen molar-refractivity contribution in [1.82, 2.24) is 9.88 Å². The van der Waals surface area contributed by atoms with Gasteiger partial charge in [-0.05, 0) is 18.1 Å². The van der Waals surface area contributed by atoms with E-state index in [1.165, 1.54) is 0 Å². The summed E-state index contributed by atoms with van der Waals surface area (Å²) in [5.74, 6) is 0.262. The number of hydrogen-bond donors (Lipinski definition) is 0. The van der Waals surface area contributed by atoms with E-state index in [2.05, 4.69) is 4.98 Å². The third-order valence-corrected chi connectivity index (χ3v) is 5.90. The van der Waals surface area contributed by atoms with Crippen LogP contribution in [0.15, 0.2) is 54.7 Å². The van der Waals surface area contributed by atoms with E-state index >= 15 is 0 Å². The molecule has 7 heteroatoms. The van der Waals surface area contributed by atoms with Crippen molar-refractivity contribution in [3.8, 4) is 5.88 Å². The molecule has 1 aromatic heterocycles. The van der Waals surface area contributed by atoms with E-state index in [-0.39, 0.29) is 30.1 Å². The molecule has 1 saturated heterocycles. The smallest absolute Gasteiger partial charge is 0.261 e. The van der Waals surface area contributed by atoms with Crippen molar-refractivity contribution >= 4 is 15.7 Å². The van der Waals surface area contributed by atoms with Crippen molar-refractivity contribution in [2.45, 2.75) is 19.0 Å². The van der Waals surface area contributed by atoms with Crippen LogP contribution in [0.5, 0.6) is 5.88 Å². The number of carbonyl (C=O) groups excluding carboxylic acids is 1. The second kappa shape index (κ2) is 7.65. The number of carbonyl (C=O) groups is 1. The normalized spacial score (nSPS) is 18.6. The quantitative estimate of drug-likeness (QED) is 0.783. The fourth-order valence-electron chi connectivity index (χ4n) is 2.87. The molecule has 0 saturated carbocycles. The van der Waals surface area contributed by atoms with Crippen LogP contribution in [0.3, 0.4) is 0 Å². The van der Waals surface area contributed by atoms with Crippen LogP contribution in [0.1, 0.15) is 12.0 Å². The molecule has 1 aromatic carbocycles. The highest BCUT2D eigenvalue weighted by molar-refractivity contribution is 7.91. The summed E-state index contributed by atoms with van der Waals surface area (Å²) in [4.78, 5) is 18.3. The number of hydrogen-bond acceptors (Lipinski definition) is 5. The van der Waals surface area contributed by atoms with Gasteiger partial charge >= 0.3 is 0 Å². The van der Waals surface area contributed by atoms with Gasteiger partial charge in [-0.15, -0.1) is 0 Å². The van der Waals surface area contributed by atoms with Crippen molar-refractivity contribution in [2.75, 3.05) is 18.1 Å². The fourth-order valence-corrected chi connectivity index (χ4v) is 4.60. The summed E-state index contributed by atoms with van der Waals surface area (Å²) < 4.78 is 29.1. The molecule has 6 nitrogen and oxygen atoms in total. The van der Waals surface area contributed by atoms with Gasteiger partial charge in [-0.2, -0.15) is 0 Å². The number of aromatic nitrogens is 1. The molecule has 132 valence electrons. The van der Waals surface area contributed by atoms with Gasteiger partial charge in [0.05, 0.1) is 11.5 Å². The minimum absolute atomic E-state index is 0.00909. The Bertz CT molecular complexity index is 809. The third-order valence-electron chi connectivity index (χ3n) is 4.15. The molecule has 1 amide bonds. The predicted octanol–water partition coefficient (Wildman–Crippen LogP) is 1.68. The molecular weight excluding hydrogens is 340 g/mol. The maximum atomic E-state index is 12.7. The van der Waals surface area contributed by atoms with Gasteiger partial charge in [0, 0.05) is 24.8 Å². The van der Waals surface area contributed by atoms with Gasteiger partial charge in [0.1, 0.15) is 0 Å². The Morgan fingerprint density at radius 2 is 1.92 bits per heavy atom. The molecule has 1 aliphatic rings. The molecule has 1 atom stereocenters. The Kier molecular flexibility index (Phi) is 5.33. The van der Waals surface area contributed by atoms with Gasteiger partial charge in [-0.3, -0.25) is 4.79 Å². The molecule has 0 aliphatic carbocycles. The zero-order valence-corrected chi connectivity index (χ0v) is 14.6. The minimum Gasteiger partial charge on any atom is -0.468 e. The lowest BCUT2D eigenvalue weighted by molar-refractivity contribution is -0.136. The van der Waals surface area contributed by atoms with E-state index in [0.29, 0.717) is 18.8 Å². The standard InChI is InChI=1S/C18H20N2O4S/c21-18(13-24-17-8-4-5-10-19-17)20(12-15-6-2-1-3-7-15)16-9-11-25(22,23)14-16/h1-8,10,16H,9,11-14H2/t16-/m1/s1. The van der Waals surface area contributed by atoms with Gasteiger partial charge in [0.25, 0.3) is 5.91 Å². The Labute approximate surface area is 147 Å². The Morgan fingerprint density at radius 1 is 1.16 bits per heavy atom. The first-order valence-electron chi connectivity index (χ1n) is 8.11. The number of nitrogens with zero attached hydrogens (tertiary/aromatic N) is 2. The molecule has 2 heterocycles. The van der Waals surface area contributed by atoms with E-state index < -0.39 is 9.84 Å². The molecule has 0 spiro atoms. The van der Waals surface area contributed by atoms with Crippen LogP contribution in [-0.4, -0.2) is 48.4 Å². The van der Waals surface area contributed by atoms with Gasteiger partial charge < -0.3 is 9.64 Å². The first kappa shape index (κ1) is 17.4. The number of sulfone groups is 1. The summed E-state index contributed by atoms with van der Waals surface area (Å²) in [6, 6.07) is 14.4. The van der Waals surface area contributed by atoms with Crippen molar-refractivity contribution in [3.05, 3.63) is 60.3 Å². The number of pyridine rings is 1. The maximum absolute atomic E-state index is 12.7. The SMILES string of the molecule is O=C(COc1ccccn1)N(Cc1ccccc1)[C@@H]1CCS(=O)(=O)C1. The molecule has 0 unspecified atom stereocenters. The lowest BCUT2D eigenvalue weighted by Gasteiger charge is -2.28. The van der Waals surface area contributed by atoms with Gasteiger partial charge in [-0.25, -0.2) is 13.4 Å². The lowest BCUT2D eigenvalue weighted by atomic mass is 10.1. The van der Waals surface area contributed by atoms with Crippen LogP contribution in [0.25, 0.3) is 0 Å². The molecule has 0 bridgehead atoms. The molecule has 25 heavy (non-hydrogen) atoms. The monoisotopic (exact) mass is 360 g/mol. The first-order valence-corrected chi connectivity index (χ1v) is 9.93. The molecule has 0 N–H and O–H groups in total. The van der Waals surface area contributed by atoms with Gasteiger partial charge in [-0.1, -0.05) is 36.4 Å².